The Bertz CT molecular complexity index is 1480. The summed E-state index contributed by atoms with van der Waals surface area (Å²) in [5.74, 6) is 1.29. The Morgan fingerprint density at radius 1 is 1.00 bits per heavy atom. The van der Waals surface area contributed by atoms with Crippen LogP contribution in [0.25, 0.3) is 17.0 Å². The third-order valence-corrected chi connectivity index (χ3v) is 6.55. The Balaban J connectivity index is 1.66. The van der Waals surface area contributed by atoms with E-state index in [-0.39, 0.29) is 5.75 Å². The highest BCUT2D eigenvalue weighted by Crippen LogP contribution is 2.41. The smallest absolute Gasteiger partial charge is 0.258 e. The number of allylic oxidation sites excluding steroid dienone is 1. The summed E-state index contributed by atoms with van der Waals surface area (Å²) in [6, 6.07) is 20.9. The molecule has 1 atom stereocenters. The predicted molar refractivity (Wildman–Crippen MR) is 144 cm³/mol. The van der Waals surface area contributed by atoms with Gasteiger partial charge in [0.2, 0.25) is 5.82 Å². The first-order valence-corrected chi connectivity index (χ1v) is 11.9. The highest BCUT2D eigenvalue weighted by Gasteiger charge is 2.35. The molecule has 8 heteroatoms. The molecule has 3 aromatic carbocycles. The van der Waals surface area contributed by atoms with Gasteiger partial charge in [-0.25, -0.2) is 0 Å². The number of benzene rings is 3. The molecule has 0 fully saturated rings. The summed E-state index contributed by atoms with van der Waals surface area (Å²) in [6.07, 6.45) is 0. The number of ether oxygens (including phenoxy) is 1. The molecule has 0 aliphatic carbocycles. The number of aromatic hydroxyl groups is 1. The number of hydrogen-bond donors (Lipinski definition) is 2. The number of aromatic nitrogens is 2. The zero-order chi connectivity index (χ0) is 25.4. The number of rotatable bonds is 5. The maximum absolute atomic E-state index is 10.5. The Kier molecular flexibility index (Phi) is 6.20. The summed E-state index contributed by atoms with van der Waals surface area (Å²) in [6.45, 7) is 6.06. The molecule has 0 saturated carbocycles. The quantitative estimate of drug-likeness (QED) is 0.327. The summed E-state index contributed by atoms with van der Waals surface area (Å²) < 4.78 is 11.0. The molecule has 182 valence electrons. The van der Waals surface area contributed by atoms with Crippen molar-refractivity contribution in [2.75, 3.05) is 12.0 Å². The minimum absolute atomic E-state index is 0.0340. The Labute approximate surface area is 215 Å². The first-order chi connectivity index (χ1) is 17.4. The van der Waals surface area contributed by atoms with E-state index in [1.807, 2.05) is 74.2 Å². The molecule has 36 heavy (non-hydrogen) atoms. The molecule has 0 radical (unpaired) electrons. The van der Waals surface area contributed by atoms with Crippen molar-refractivity contribution in [2.45, 2.75) is 26.8 Å². The molecule has 4 aromatic rings. The largest absolute Gasteiger partial charge is 0.504 e. The van der Waals surface area contributed by atoms with Gasteiger partial charge < -0.3 is 19.7 Å². The number of nitrogens with one attached hydrogen (secondary N) is 1. The van der Waals surface area contributed by atoms with Gasteiger partial charge in [-0.2, -0.15) is 4.98 Å². The van der Waals surface area contributed by atoms with E-state index in [1.165, 1.54) is 7.11 Å². The van der Waals surface area contributed by atoms with Crippen LogP contribution in [0.4, 0.5) is 5.69 Å². The molecule has 1 aliphatic rings. The van der Waals surface area contributed by atoms with Crippen molar-refractivity contribution in [3.8, 4) is 22.9 Å². The summed E-state index contributed by atoms with van der Waals surface area (Å²) in [5, 5.41) is 18.7. The summed E-state index contributed by atoms with van der Waals surface area (Å²) in [7, 11) is 1.52. The average molecular weight is 499 g/mol. The normalized spacial score (nSPS) is 15.7. The molecule has 0 bridgehead atoms. The van der Waals surface area contributed by atoms with Crippen LogP contribution in [-0.4, -0.2) is 27.5 Å². The van der Waals surface area contributed by atoms with Crippen LogP contribution in [0.15, 0.2) is 77.0 Å². The highest BCUT2D eigenvalue weighted by atomic mass is 32.1. The van der Waals surface area contributed by atoms with Crippen LogP contribution < -0.4 is 15.0 Å². The number of thiocarbonyl (C=S) groups is 1. The van der Waals surface area contributed by atoms with Gasteiger partial charge in [-0.3, -0.25) is 4.90 Å². The topological polar surface area (TPSA) is 83.7 Å². The van der Waals surface area contributed by atoms with Crippen molar-refractivity contribution in [1.82, 2.24) is 15.5 Å². The van der Waals surface area contributed by atoms with E-state index in [2.05, 4.69) is 16.5 Å². The number of anilines is 1. The molecule has 2 heterocycles. The van der Waals surface area contributed by atoms with Gasteiger partial charge in [0.05, 0.1) is 18.7 Å². The third kappa shape index (κ3) is 4.31. The first kappa shape index (κ1) is 23.6. The number of phenolic OH excluding ortho intramolecular Hbond substituents is 1. The van der Waals surface area contributed by atoms with E-state index >= 15 is 0 Å². The zero-order valence-corrected chi connectivity index (χ0v) is 21.3. The maximum atomic E-state index is 10.5. The maximum Gasteiger partial charge on any atom is 0.258 e. The summed E-state index contributed by atoms with van der Waals surface area (Å²) in [4.78, 5) is 6.72. The van der Waals surface area contributed by atoms with Gasteiger partial charge in [0.25, 0.3) is 5.89 Å². The minimum atomic E-state index is -0.429. The number of methoxy groups -OCH3 is 1. The van der Waals surface area contributed by atoms with E-state index in [1.54, 1.807) is 12.1 Å². The highest BCUT2D eigenvalue weighted by molar-refractivity contribution is 7.80. The van der Waals surface area contributed by atoms with Crippen molar-refractivity contribution in [1.29, 1.82) is 0 Å². The minimum Gasteiger partial charge on any atom is -0.504 e. The molecule has 1 aromatic heterocycles. The van der Waals surface area contributed by atoms with Gasteiger partial charge in [-0.05, 0) is 68.4 Å². The van der Waals surface area contributed by atoms with E-state index in [4.69, 9.17) is 26.5 Å². The number of phenols is 1. The lowest BCUT2D eigenvalue weighted by Crippen LogP contribution is -2.46. The van der Waals surface area contributed by atoms with E-state index in [0.29, 0.717) is 22.6 Å². The molecule has 7 nitrogen and oxygen atoms in total. The van der Waals surface area contributed by atoms with Crippen molar-refractivity contribution in [3.63, 3.8) is 0 Å². The molecule has 2 N–H and O–H groups in total. The molecule has 0 saturated heterocycles. The van der Waals surface area contributed by atoms with Crippen LogP contribution in [0.5, 0.6) is 11.5 Å². The van der Waals surface area contributed by atoms with Gasteiger partial charge in [0.15, 0.2) is 16.6 Å². The molecule has 1 aliphatic heterocycles. The Morgan fingerprint density at radius 2 is 1.78 bits per heavy atom. The molecule has 0 spiro atoms. The van der Waals surface area contributed by atoms with Gasteiger partial charge >= 0.3 is 0 Å². The molecule has 1 unspecified atom stereocenters. The molecular weight excluding hydrogens is 472 g/mol. The van der Waals surface area contributed by atoms with Gasteiger partial charge in [0.1, 0.15) is 0 Å². The third-order valence-electron chi connectivity index (χ3n) is 6.25. The second kappa shape index (κ2) is 9.47. The van der Waals surface area contributed by atoms with Crippen LogP contribution in [0.1, 0.15) is 35.5 Å². The second-order valence-corrected chi connectivity index (χ2v) is 9.16. The molecule has 0 amide bonds. The fraction of sp³-hybridized carbons (Fsp3) is 0.179. The lowest BCUT2D eigenvalue weighted by atomic mass is 9.94. The van der Waals surface area contributed by atoms with Crippen LogP contribution >= 0.6 is 12.2 Å². The predicted octanol–water partition coefficient (Wildman–Crippen LogP) is 5.93. The standard InChI is InChI=1S/C28H26N4O3S/c1-16-8-10-19(11-9-16)26-30-27(35-31-26)24-18(3)32(21-7-5-6-17(2)14-21)28(36)29-25(24)20-12-13-23(34-4)22(33)15-20/h5-15,25,33H,1-4H3,(H,29,36). The fourth-order valence-electron chi connectivity index (χ4n) is 4.39. The lowest BCUT2D eigenvalue weighted by molar-refractivity contribution is 0.372. The number of hydrogen-bond acceptors (Lipinski definition) is 6. The lowest BCUT2D eigenvalue weighted by Gasteiger charge is -2.37. The zero-order valence-electron chi connectivity index (χ0n) is 20.4. The number of aryl methyl sites for hydroxylation is 2. The van der Waals surface area contributed by atoms with E-state index in [0.717, 1.165) is 39.2 Å². The van der Waals surface area contributed by atoms with Crippen molar-refractivity contribution in [2.24, 2.45) is 0 Å². The van der Waals surface area contributed by atoms with Gasteiger partial charge in [0, 0.05) is 16.9 Å². The van der Waals surface area contributed by atoms with Crippen LogP contribution in [0.2, 0.25) is 0 Å². The van der Waals surface area contributed by atoms with E-state index in [9.17, 15) is 5.11 Å². The molecule has 5 rings (SSSR count). The Morgan fingerprint density at radius 3 is 2.47 bits per heavy atom. The summed E-state index contributed by atoms with van der Waals surface area (Å²) in [5.41, 5.74) is 6.46. The van der Waals surface area contributed by atoms with E-state index < -0.39 is 6.04 Å². The van der Waals surface area contributed by atoms with Gasteiger partial charge in [-0.1, -0.05) is 53.2 Å². The average Bonchev–Trinajstić information content (AvgIpc) is 3.34. The van der Waals surface area contributed by atoms with Crippen LogP contribution in [-0.2, 0) is 0 Å². The fourth-order valence-corrected chi connectivity index (χ4v) is 4.75. The van der Waals surface area contributed by atoms with Crippen LogP contribution in [0, 0.1) is 13.8 Å². The van der Waals surface area contributed by atoms with Crippen molar-refractivity contribution in [3.05, 3.63) is 95.0 Å². The SMILES string of the molecule is COc1ccc(C2NC(=S)N(c3cccc(C)c3)C(C)=C2c2nc(-c3ccc(C)cc3)no2)cc1O. The number of nitrogens with zero attached hydrogens (tertiary/aromatic N) is 3. The second-order valence-electron chi connectivity index (χ2n) is 8.78. The van der Waals surface area contributed by atoms with Gasteiger partial charge in [-0.15, -0.1) is 0 Å². The van der Waals surface area contributed by atoms with Crippen LogP contribution in [0.3, 0.4) is 0 Å². The molecular formula is C28H26N4O3S. The van der Waals surface area contributed by atoms with Crippen molar-refractivity contribution < 1.29 is 14.4 Å². The van der Waals surface area contributed by atoms with Crippen molar-refractivity contribution >= 4 is 28.6 Å². The first-order valence-electron chi connectivity index (χ1n) is 11.5. The monoisotopic (exact) mass is 498 g/mol. The Hall–Kier alpha value is -4.17. The summed E-state index contributed by atoms with van der Waals surface area (Å²) >= 11 is 5.81.